The zero-order valence-electron chi connectivity index (χ0n) is 15.8. The number of rotatable bonds is 8. The lowest BCUT2D eigenvalue weighted by Gasteiger charge is -2.12. The third kappa shape index (κ3) is 4.52. The minimum atomic E-state index is 0.887. The molecule has 3 aromatic heterocycles. The second kappa shape index (κ2) is 9.00. The lowest BCUT2D eigenvalue weighted by molar-refractivity contribution is 0.383. The minimum Gasteiger partial charge on any atom is -0.309 e. The van der Waals surface area contributed by atoms with E-state index < -0.39 is 0 Å². The van der Waals surface area contributed by atoms with E-state index in [0.717, 1.165) is 51.0 Å². The van der Waals surface area contributed by atoms with Gasteiger partial charge in [-0.3, -0.25) is 0 Å². The summed E-state index contributed by atoms with van der Waals surface area (Å²) < 4.78 is 3.21. The van der Waals surface area contributed by atoms with Crippen LogP contribution in [0.2, 0.25) is 0 Å². The molecule has 0 fully saturated rings. The van der Waals surface area contributed by atoms with E-state index in [1.54, 1.807) is 34.4 Å². The van der Waals surface area contributed by atoms with Crippen molar-refractivity contribution in [1.29, 1.82) is 0 Å². The summed E-state index contributed by atoms with van der Waals surface area (Å²) in [7, 11) is 4.20. The van der Waals surface area contributed by atoms with Crippen LogP contribution in [-0.2, 0) is 6.54 Å². The van der Waals surface area contributed by atoms with Gasteiger partial charge in [0.05, 0.1) is 10.6 Å². The predicted molar refractivity (Wildman–Crippen MR) is 118 cm³/mol. The molecule has 0 spiro atoms. The van der Waals surface area contributed by atoms with Crippen LogP contribution in [0.4, 0.5) is 0 Å². The number of hydrogen-bond donors (Lipinski definition) is 0. The van der Waals surface area contributed by atoms with E-state index in [4.69, 9.17) is 4.98 Å². The zero-order valence-corrected chi connectivity index (χ0v) is 18.2. The first-order valence-electron chi connectivity index (χ1n) is 9.01. The molecule has 4 rings (SSSR count). The number of hydrogen-bond acceptors (Lipinski definition) is 7. The summed E-state index contributed by atoms with van der Waals surface area (Å²) >= 11 is 4.94. The first kappa shape index (κ1) is 19.3. The van der Waals surface area contributed by atoms with E-state index in [9.17, 15) is 0 Å². The summed E-state index contributed by atoms with van der Waals surface area (Å²) in [4.78, 5) is 8.14. The van der Waals surface area contributed by atoms with Crippen molar-refractivity contribution in [1.82, 2.24) is 24.6 Å². The molecule has 0 N–H and O–H groups in total. The van der Waals surface area contributed by atoms with Crippen LogP contribution in [0.25, 0.3) is 22.0 Å². The van der Waals surface area contributed by atoms with Crippen molar-refractivity contribution in [2.75, 3.05) is 20.6 Å². The maximum atomic E-state index is 4.79. The second-order valence-corrected chi connectivity index (χ2v) is 9.58. The van der Waals surface area contributed by atoms with Crippen molar-refractivity contribution in [2.24, 2.45) is 0 Å². The molecule has 0 aliphatic carbocycles. The Balaban J connectivity index is 1.58. The highest BCUT2D eigenvalue weighted by Crippen LogP contribution is 2.34. The van der Waals surface area contributed by atoms with Crippen LogP contribution in [0.5, 0.6) is 0 Å². The smallest absolute Gasteiger partial charge is 0.198 e. The van der Waals surface area contributed by atoms with Crippen LogP contribution in [0, 0.1) is 0 Å². The third-order valence-corrected chi connectivity index (χ3v) is 6.97. The molecule has 0 amide bonds. The molecule has 5 nitrogen and oxygen atoms in total. The summed E-state index contributed by atoms with van der Waals surface area (Å²) in [5.74, 6) is 0.941. The van der Waals surface area contributed by atoms with Gasteiger partial charge in [0.25, 0.3) is 0 Å². The van der Waals surface area contributed by atoms with Gasteiger partial charge in [-0.25, -0.2) is 4.98 Å². The molecule has 4 aromatic rings. The molecule has 8 heteroatoms. The van der Waals surface area contributed by atoms with Crippen molar-refractivity contribution >= 4 is 34.4 Å². The van der Waals surface area contributed by atoms with E-state index >= 15 is 0 Å². The van der Waals surface area contributed by atoms with Crippen LogP contribution in [0.1, 0.15) is 6.42 Å². The Kier molecular flexibility index (Phi) is 6.21. The van der Waals surface area contributed by atoms with E-state index in [0.29, 0.717) is 0 Å². The van der Waals surface area contributed by atoms with Crippen molar-refractivity contribution in [3.05, 3.63) is 53.2 Å². The largest absolute Gasteiger partial charge is 0.309 e. The van der Waals surface area contributed by atoms with Gasteiger partial charge < -0.3 is 9.47 Å². The van der Waals surface area contributed by atoms with Crippen molar-refractivity contribution < 1.29 is 0 Å². The lowest BCUT2D eigenvalue weighted by atomic mass is 10.2. The lowest BCUT2D eigenvalue weighted by Crippen LogP contribution is -2.15. The molecule has 0 unspecified atom stereocenters. The van der Waals surface area contributed by atoms with Crippen LogP contribution < -0.4 is 0 Å². The molecule has 0 atom stereocenters. The van der Waals surface area contributed by atoms with Crippen molar-refractivity contribution in [3.63, 3.8) is 0 Å². The molecule has 0 saturated carbocycles. The SMILES string of the molecule is CN(C)CCCn1c(Sc2nc(-c3ccccc3)cs2)nnc1-c1cccs1. The summed E-state index contributed by atoms with van der Waals surface area (Å²) in [5, 5.41) is 14.0. The van der Waals surface area contributed by atoms with Gasteiger partial charge in [-0.2, -0.15) is 0 Å². The monoisotopic (exact) mass is 427 g/mol. The predicted octanol–water partition coefficient (Wildman–Crippen LogP) is 5.23. The molecule has 0 radical (unpaired) electrons. The van der Waals surface area contributed by atoms with Gasteiger partial charge >= 0.3 is 0 Å². The highest BCUT2D eigenvalue weighted by atomic mass is 32.2. The average molecular weight is 428 g/mol. The second-order valence-electron chi connectivity index (χ2n) is 6.56. The van der Waals surface area contributed by atoms with Gasteiger partial charge in [-0.15, -0.1) is 32.9 Å². The zero-order chi connectivity index (χ0) is 19.3. The standard InChI is InChI=1S/C20H21N5S3/c1-24(2)11-7-12-25-18(17-10-6-13-26-17)22-23-19(25)28-20-21-16(14-27-20)15-8-4-3-5-9-15/h3-6,8-10,13-14H,7,11-12H2,1-2H3. The van der Waals surface area contributed by atoms with Crippen LogP contribution >= 0.6 is 34.4 Å². The van der Waals surface area contributed by atoms with Gasteiger partial charge in [0.2, 0.25) is 0 Å². The number of nitrogens with zero attached hydrogens (tertiary/aromatic N) is 5. The van der Waals surface area contributed by atoms with Crippen molar-refractivity contribution in [2.45, 2.75) is 22.5 Å². The fraction of sp³-hybridized carbons (Fsp3) is 0.250. The maximum absolute atomic E-state index is 4.79. The highest BCUT2D eigenvalue weighted by Gasteiger charge is 2.17. The number of thiazole rings is 1. The topological polar surface area (TPSA) is 46.8 Å². The molecule has 0 bridgehead atoms. The van der Waals surface area contributed by atoms with Crippen LogP contribution in [0.3, 0.4) is 0 Å². The summed E-state index contributed by atoms with van der Waals surface area (Å²) in [6.45, 7) is 1.92. The fourth-order valence-corrected chi connectivity index (χ4v) is 5.32. The van der Waals surface area contributed by atoms with E-state index in [2.05, 4.69) is 68.8 Å². The summed E-state index contributed by atoms with van der Waals surface area (Å²) in [6.07, 6.45) is 1.05. The Morgan fingerprint density at radius 1 is 1.04 bits per heavy atom. The number of aromatic nitrogens is 4. The maximum Gasteiger partial charge on any atom is 0.198 e. The van der Waals surface area contributed by atoms with Gasteiger partial charge in [0.1, 0.15) is 0 Å². The molecular formula is C20H21N5S3. The molecule has 3 heterocycles. The first-order valence-corrected chi connectivity index (χ1v) is 11.6. The van der Waals surface area contributed by atoms with Gasteiger partial charge in [-0.1, -0.05) is 36.4 Å². The number of benzene rings is 1. The Bertz CT molecular complexity index is 1010. The Hall–Kier alpha value is -2.00. The quantitative estimate of drug-likeness (QED) is 0.385. The van der Waals surface area contributed by atoms with Gasteiger partial charge in [-0.05, 0) is 50.3 Å². The van der Waals surface area contributed by atoms with Gasteiger partial charge in [0.15, 0.2) is 15.3 Å². The Morgan fingerprint density at radius 3 is 2.64 bits per heavy atom. The van der Waals surface area contributed by atoms with Crippen LogP contribution in [0.15, 0.2) is 62.7 Å². The molecule has 0 saturated heterocycles. The van der Waals surface area contributed by atoms with E-state index in [1.807, 2.05) is 18.2 Å². The molecule has 1 aromatic carbocycles. The molecule has 144 valence electrons. The summed E-state index contributed by atoms with van der Waals surface area (Å²) in [6, 6.07) is 14.4. The first-order chi connectivity index (χ1) is 13.7. The van der Waals surface area contributed by atoms with E-state index in [1.165, 1.54) is 0 Å². The molecule has 28 heavy (non-hydrogen) atoms. The fourth-order valence-electron chi connectivity index (χ4n) is 2.82. The number of thiophene rings is 1. The molecule has 0 aliphatic heterocycles. The molecule has 0 aliphatic rings. The minimum absolute atomic E-state index is 0.887. The average Bonchev–Trinajstić information content (AvgIpc) is 3.44. The Morgan fingerprint density at radius 2 is 1.89 bits per heavy atom. The van der Waals surface area contributed by atoms with Crippen LogP contribution in [-0.4, -0.2) is 45.3 Å². The van der Waals surface area contributed by atoms with Gasteiger partial charge in [0, 0.05) is 17.5 Å². The molecular weight excluding hydrogens is 406 g/mol. The highest BCUT2D eigenvalue weighted by molar-refractivity contribution is 8.00. The van der Waals surface area contributed by atoms with E-state index in [-0.39, 0.29) is 0 Å². The summed E-state index contributed by atoms with van der Waals surface area (Å²) in [5.41, 5.74) is 2.14. The normalized spacial score (nSPS) is 11.4. The third-order valence-electron chi connectivity index (χ3n) is 4.18. The van der Waals surface area contributed by atoms with Crippen molar-refractivity contribution in [3.8, 4) is 22.0 Å². The Labute approximate surface area is 177 Å².